The zero-order valence-electron chi connectivity index (χ0n) is 15.3. The predicted molar refractivity (Wildman–Crippen MR) is 97.3 cm³/mol. The monoisotopic (exact) mass is 385 g/mol. The van der Waals surface area contributed by atoms with E-state index in [4.69, 9.17) is 21.1 Å². The van der Waals surface area contributed by atoms with E-state index >= 15 is 0 Å². The summed E-state index contributed by atoms with van der Waals surface area (Å²) in [6.45, 7) is 5.90. The number of H-pyrrole nitrogens is 1. The third-order valence-corrected chi connectivity index (χ3v) is 5.35. The lowest BCUT2D eigenvalue weighted by Gasteiger charge is -2.35. The molecular weight excluding hydrogens is 358 g/mol. The van der Waals surface area contributed by atoms with Gasteiger partial charge in [-0.15, -0.1) is 5.10 Å². The van der Waals surface area contributed by atoms with Crippen LogP contribution >= 0.6 is 11.6 Å². The number of carbonyl (C=O) groups excluding carboxylic acids is 1. The van der Waals surface area contributed by atoms with Gasteiger partial charge in [-0.3, -0.25) is 4.79 Å². The van der Waals surface area contributed by atoms with Gasteiger partial charge in [0.05, 0.1) is 12.7 Å². The van der Waals surface area contributed by atoms with Crippen LogP contribution in [0.3, 0.4) is 0 Å². The number of hydrogen-bond donors (Lipinski definition) is 1. The molecule has 9 heteroatoms. The Balaban J connectivity index is 1.57. The number of carbonyl (C=O) groups is 1. The number of likely N-dealkylation sites (tertiary alicyclic amines) is 1. The van der Waals surface area contributed by atoms with E-state index in [0.29, 0.717) is 19.0 Å². The van der Waals surface area contributed by atoms with E-state index in [1.807, 2.05) is 4.90 Å². The summed E-state index contributed by atoms with van der Waals surface area (Å²) in [6, 6.07) is 0. The number of piperidine rings is 1. The van der Waals surface area contributed by atoms with Crippen LogP contribution in [0.4, 0.5) is 0 Å². The van der Waals surface area contributed by atoms with Crippen molar-refractivity contribution in [3.63, 3.8) is 0 Å². The fourth-order valence-electron chi connectivity index (χ4n) is 3.68. The van der Waals surface area contributed by atoms with Gasteiger partial charge in [0.15, 0.2) is 0 Å². The number of aromatic nitrogens is 3. The lowest BCUT2D eigenvalue weighted by molar-refractivity contribution is 0.0428. The van der Waals surface area contributed by atoms with E-state index in [9.17, 15) is 4.79 Å². The second-order valence-electron chi connectivity index (χ2n) is 7.07. The summed E-state index contributed by atoms with van der Waals surface area (Å²) in [5.41, 5.74) is 0. The highest BCUT2D eigenvalue weighted by Gasteiger charge is 2.29. The van der Waals surface area contributed by atoms with Crippen LogP contribution in [-0.2, 0) is 9.47 Å². The van der Waals surface area contributed by atoms with Crippen molar-refractivity contribution in [3.05, 3.63) is 11.1 Å². The van der Waals surface area contributed by atoms with Crippen molar-refractivity contribution < 1.29 is 14.3 Å². The Morgan fingerprint density at radius 1 is 1.38 bits per heavy atom. The number of amides is 1. The van der Waals surface area contributed by atoms with Gasteiger partial charge in [-0.05, 0) is 56.3 Å². The molecule has 0 radical (unpaired) electrons. The topological polar surface area (TPSA) is 83.6 Å². The van der Waals surface area contributed by atoms with Crippen molar-refractivity contribution in [2.45, 2.75) is 31.8 Å². The molecule has 3 rings (SSSR count). The van der Waals surface area contributed by atoms with Crippen molar-refractivity contribution >= 4 is 17.5 Å². The molecule has 1 amide bonds. The molecule has 0 aromatic carbocycles. The standard InChI is InChI=1S/C17H28ClN5O3/c1-25-10-8-22-6-4-13(5-7-22)11-23(12-14-3-2-9-26-14)16(24)15-19-17(18)21-20-15/h13-14H,2-12H2,1H3,(H,19,20,21)/t14-/m0/s1. The van der Waals surface area contributed by atoms with Crippen molar-refractivity contribution in [2.75, 3.05) is 53.0 Å². The summed E-state index contributed by atoms with van der Waals surface area (Å²) >= 11 is 5.79. The molecule has 0 aliphatic carbocycles. The first kappa shape index (κ1) is 19.5. The Labute approximate surface area is 159 Å². The molecule has 0 unspecified atom stereocenters. The van der Waals surface area contributed by atoms with Crippen molar-refractivity contribution in [2.24, 2.45) is 5.92 Å². The third-order valence-electron chi connectivity index (χ3n) is 5.18. The SMILES string of the molecule is COCCN1CCC(CN(C[C@@H]2CCCO2)C(=O)c2n[nH]c(Cl)n2)CC1. The average molecular weight is 386 g/mol. The largest absolute Gasteiger partial charge is 0.383 e. The molecule has 3 heterocycles. The fourth-order valence-corrected chi connectivity index (χ4v) is 3.80. The van der Waals surface area contributed by atoms with Crippen LogP contribution in [0.1, 0.15) is 36.3 Å². The van der Waals surface area contributed by atoms with Gasteiger partial charge < -0.3 is 19.3 Å². The first-order valence-electron chi connectivity index (χ1n) is 9.35. The van der Waals surface area contributed by atoms with Gasteiger partial charge in [0, 0.05) is 33.4 Å². The maximum absolute atomic E-state index is 12.9. The summed E-state index contributed by atoms with van der Waals surface area (Å²) in [7, 11) is 1.73. The van der Waals surface area contributed by atoms with E-state index in [2.05, 4.69) is 20.1 Å². The molecule has 1 aromatic rings. The molecule has 1 N–H and O–H groups in total. The van der Waals surface area contributed by atoms with Crippen LogP contribution in [0.25, 0.3) is 0 Å². The zero-order valence-corrected chi connectivity index (χ0v) is 16.1. The normalized spacial score (nSPS) is 22.0. The zero-order chi connectivity index (χ0) is 18.4. The molecule has 2 aliphatic rings. The van der Waals surface area contributed by atoms with E-state index in [0.717, 1.165) is 58.5 Å². The van der Waals surface area contributed by atoms with Gasteiger partial charge in [0.2, 0.25) is 11.1 Å². The lowest BCUT2D eigenvalue weighted by Crippen LogP contribution is -2.44. The molecule has 26 heavy (non-hydrogen) atoms. The predicted octanol–water partition coefficient (Wildman–Crippen LogP) is 1.44. The highest BCUT2D eigenvalue weighted by atomic mass is 35.5. The number of aromatic amines is 1. The first-order valence-corrected chi connectivity index (χ1v) is 9.73. The first-order chi connectivity index (χ1) is 12.7. The summed E-state index contributed by atoms with van der Waals surface area (Å²) in [4.78, 5) is 21.1. The molecule has 146 valence electrons. The highest BCUT2D eigenvalue weighted by Crippen LogP contribution is 2.21. The van der Waals surface area contributed by atoms with Gasteiger partial charge >= 0.3 is 0 Å². The van der Waals surface area contributed by atoms with E-state index in [-0.39, 0.29) is 23.1 Å². The maximum Gasteiger partial charge on any atom is 0.293 e. The number of nitrogens with zero attached hydrogens (tertiary/aromatic N) is 4. The van der Waals surface area contributed by atoms with Crippen LogP contribution in [-0.4, -0.2) is 90.0 Å². The van der Waals surface area contributed by atoms with Gasteiger partial charge in [0.1, 0.15) is 0 Å². The van der Waals surface area contributed by atoms with Crippen molar-refractivity contribution in [1.82, 2.24) is 25.0 Å². The quantitative estimate of drug-likeness (QED) is 0.729. The summed E-state index contributed by atoms with van der Waals surface area (Å²) in [5, 5.41) is 6.60. The molecule has 2 saturated heterocycles. The van der Waals surface area contributed by atoms with Crippen LogP contribution in [0, 0.1) is 5.92 Å². The molecule has 2 fully saturated rings. The Hall–Kier alpha value is -1.22. The lowest BCUT2D eigenvalue weighted by atomic mass is 9.96. The van der Waals surface area contributed by atoms with Gasteiger partial charge in [-0.1, -0.05) is 0 Å². The number of methoxy groups -OCH3 is 1. The number of halogens is 1. The maximum atomic E-state index is 12.9. The molecule has 0 spiro atoms. The Bertz CT molecular complexity index is 570. The van der Waals surface area contributed by atoms with Crippen LogP contribution in [0.2, 0.25) is 5.28 Å². The van der Waals surface area contributed by atoms with E-state index < -0.39 is 0 Å². The van der Waals surface area contributed by atoms with Gasteiger partial charge in [-0.2, -0.15) is 4.98 Å². The molecule has 1 aromatic heterocycles. The summed E-state index contributed by atoms with van der Waals surface area (Å²) in [5.74, 6) is 0.435. The highest BCUT2D eigenvalue weighted by molar-refractivity contribution is 6.28. The summed E-state index contributed by atoms with van der Waals surface area (Å²) in [6.07, 6.45) is 4.31. The van der Waals surface area contributed by atoms with Gasteiger partial charge in [-0.25, -0.2) is 5.10 Å². The minimum atomic E-state index is -0.175. The Kier molecular flexibility index (Phi) is 7.24. The van der Waals surface area contributed by atoms with Crippen LogP contribution in [0.5, 0.6) is 0 Å². The molecular formula is C17H28ClN5O3. The number of rotatable bonds is 8. The molecule has 0 bridgehead atoms. The smallest absolute Gasteiger partial charge is 0.293 e. The number of ether oxygens (including phenoxy) is 2. The van der Waals surface area contributed by atoms with Crippen molar-refractivity contribution in [3.8, 4) is 0 Å². The molecule has 2 aliphatic heterocycles. The van der Waals surface area contributed by atoms with Crippen molar-refractivity contribution in [1.29, 1.82) is 0 Å². The van der Waals surface area contributed by atoms with E-state index in [1.54, 1.807) is 7.11 Å². The second kappa shape index (κ2) is 9.64. The number of hydrogen-bond acceptors (Lipinski definition) is 6. The summed E-state index contributed by atoms with van der Waals surface area (Å²) < 4.78 is 10.9. The Morgan fingerprint density at radius 2 is 2.19 bits per heavy atom. The van der Waals surface area contributed by atoms with Gasteiger partial charge in [0.25, 0.3) is 5.91 Å². The van der Waals surface area contributed by atoms with E-state index in [1.165, 1.54) is 0 Å². The second-order valence-corrected chi connectivity index (χ2v) is 7.43. The Morgan fingerprint density at radius 3 is 2.81 bits per heavy atom. The van der Waals surface area contributed by atoms with Crippen LogP contribution in [0.15, 0.2) is 0 Å². The minimum absolute atomic E-state index is 0.107. The average Bonchev–Trinajstić information content (AvgIpc) is 3.31. The van der Waals surface area contributed by atoms with Crippen LogP contribution < -0.4 is 0 Å². The fraction of sp³-hybridized carbons (Fsp3) is 0.824. The minimum Gasteiger partial charge on any atom is -0.383 e. The molecule has 1 atom stereocenters. The molecule has 8 nitrogen and oxygen atoms in total. The number of nitrogens with one attached hydrogen (secondary N) is 1. The third kappa shape index (κ3) is 5.39. The molecule has 0 saturated carbocycles.